The maximum absolute atomic E-state index is 11.1. The predicted molar refractivity (Wildman–Crippen MR) is 84.8 cm³/mol. The summed E-state index contributed by atoms with van der Waals surface area (Å²) in [6.07, 6.45) is 14.1. The molecule has 1 rings (SSSR count). The lowest BCUT2D eigenvalue weighted by Crippen LogP contribution is -2.33. The molecule has 0 atom stereocenters. The minimum absolute atomic E-state index is 0.140. The molecule has 0 aliphatic carbocycles. The van der Waals surface area contributed by atoms with Gasteiger partial charge in [-0.25, -0.2) is 0 Å². The van der Waals surface area contributed by atoms with Crippen molar-refractivity contribution in [3.63, 3.8) is 0 Å². The van der Waals surface area contributed by atoms with Crippen LogP contribution in [-0.2, 0) is 18.8 Å². The van der Waals surface area contributed by atoms with E-state index in [1.165, 1.54) is 57.8 Å². The Morgan fingerprint density at radius 3 is 1.71 bits per heavy atom. The maximum atomic E-state index is 11.1. The van der Waals surface area contributed by atoms with Crippen molar-refractivity contribution in [3.8, 4) is 0 Å². The van der Waals surface area contributed by atoms with Crippen molar-refractivity contribution < 1.29 is 18.8 Å². The van der Waals surface area contributed by atoms with Gasteiger partial charge in [-0.15, -0.1) is 9.05 Å². The van der Waals surface area contributed by atoms with Crippen LogP contribution in [0.25, 0.3) is 0 Å². The molecule has 0 bridgehead atoms. The summed E-state index contributed by atoms with van der Waals surface area (Å²) in [6, 6.07) is 0. The van der Waals surface area contributed by atoms with Gasteiger partial charge in [0.15, 0.2) is 0 Å². The van der Waals surface area contributed by atoms with Gasteiger partial charge in [0.2, 0.25) is 0 Å². The molecule has 1 fully saturated rings. The Morgan fingerprint density at radius 1 is 0.810 bits per heavy atom. The van der Waals surface area contributed by atoms with Crippen LogP contribution in [0.15, 0.2) is 0 Å². The Balaban J connectivity index is 1.92. The second kappa shape index (κ2) is 10.1. The van der Waals surface area contributed by atoms with Gasteiger partial charge in [-0.1, -0.05) is 78.1 Å². The Hall–Kier alpha value is 0.270. The monoisotopic (exact) mass is 319 g/mol. The van der Waals surface area contributed by atoms with Crippen molar-refractivity contribution in [2.24, 2.45) is 5.41 Å². The van der Waals surface area contributed by atoms with Crippen molar-refractivity contribution in [1.29, 1.82) is 0 Å². The molecule has 0 aromatic rings. The number of hydrogen-bond donors (Lipinski definition) is 0. The van der Waals surface area contributed by atoms with Crippen molar-refractivity contribution in [1.82, 2.24) is 0 Å². The molecule has 0 aromatic carbocycles. The highest BCUT2D eigenvalue weighted by Gasteiger charge is 2.54. The highest BCUT2D eigenvalue weighted by Crippen LogP contribution is 2.59. The van der Waals surface area contributed by atoms with Gasteiger partial charge in [-0.05, 0) is 6.42 Å². The van der Waals surface area contributed by atoms with Crippen LogP contribution in [0, 0.1) is 5.41 Å². The smallest absolute Gasteiger partial charge is 0.149 e. The van der Waals surface area contributed by atoms with Crippen molar-refractivity contribution in [3.05, 3.63) is 0 Å². The molecule has 0 amide bonds. The third kappa shape index (κ3) is 9.10. The zero-order chi connectivity index (χ0) is 15.6. The molecule has 1 aliphatic heterocycles. The molecule has 21 heavy (non-hydrogen) atoms. The Kier molecular flexibility index (Phi) is 9.31. The highest BCUT2D eigenvalue weighted by atomic mass is 31.2. The molecule has 0 spiro atoms. The standard InChI is InChI=1S/C16H32O4P/c1-3-4-5-6-7-8-9-10-11-12-13-16(2)14-19-21(17,18)20-15-16/h3-15H2,1-2H3/q+1. The van der Waals surface area contributed by atoms with Crippen LogP contribution in [0.2, 0.25) is 0 Å². The van der Waals surface area contributed by atoms with E-state index in [9.17, 15) is 9.79 Å². The quantitative estimate of drug-likeness (QED) is 0.352. The van der Waals surface area contributed by atoms with Gasteiger partial charge in [-0.2, -0.15) is 0 Å². The molecule has 0 saturated carbocycles. The summed E-state index contributed by atoms with van der Waals surface area (Å²) in [6.45, 7) is 4.83. The summed E-state index contributed by atoms with van der Waals surface area (Å²) < 4.78 is 9.60. The van der Waals surface area contributed by atoms with Crippen molar-refractivity contribution >= 4 is 8.17 Å². The van der Waals surface area contributed by atoms with E-state index < -0.39 is 8.17 Å². The lowest BCUT2D eigenvalue weighted by molar-refractivity contribution is -0.0387. The van der Waals surface area contributed by atoms with Gasteiger partial charge in [0, 0.05) is 5.41 Å². The van der Waals surface area contributed by atoms with E-state index in [2.05, 4.69) is 6.92 Å². The molecule has 1 aliphatic rings. The topological polar surface area (TPSA) is 58.3 Å². The molecule has 124 valence electrons. The Bertz CT molecular complexity index is 261. The first-order valence-electron chi connectivity index (χ1n) is 8.58. The average molecular weight is 319 g/mol. The van der Waals surface area contributed by atoms with Crippen LogP contribution < -0.4 is 0 Å². The maximum Gasteiger partial charge on any atom is 0.645 e. The molecule has 2 radical (unpaired) electrons. The Labute approximate surface area is 130 Å². The van der Waals surface area contributed by atoms with E-state index in [-0.39, 0.29) is 18.6 Å². The van der Waals surface area contributed by atoms with Gasteiger partial charge in [0.1, 0.15) is 13.2 Å². The fraction of sp³-hybridized carbons (Fsp3) is 1.00. The van der Waals surface area contributed by atoms with E-state index in [0.29, 0.717) is 0 Å². The van der Waals surface area contributed by atoms with Crippen LogP contribution in [0.4, 0.5) is 0 Å². The number of hydrogen-bond acceptors (Lipinski definition) is 2. The summed E-state index contributed by atoms with van der Waals surface area (Å²) in [4.78, 5) is 22.1. The van der Waals surface area contributed by atoms with Gasteiger partial charge < -0.3 is 0 Å². The van der Waals surface area contributed by atoms with Crippen LogP contribution in [0.3, 0.4) is 0 Å². The molecule has 0 N–H and O–H groups in total. The summed E-state index contributed by atoms with van der Waals surface area (Å²) in [5, 5.41) is 0. The van der Waals surface area contributed by atoms with E-state index in [0.717, 1.165) is 12.8 Å². The molecule has 1 saturated heterocycles. The first-order valence-corrected chi connectivity index (χ1v) is 10.0. The second-order valence-corrected chi connectivity index (χ2v) is 8.15. The van der Waals surface area contributed by atoms with E-state index in [1.807, 2.05) is 6.92 Å². The van der Waals surface area contributed by atoms with Crippen molar-refractivity contribution in [2.45, 2.75) is 84.5 Å². The Morgan fingerprint density at radius 2 is 1.24 bits per heavy atom. The van der Waals surface area contributed by atoms with Crippen LogP contribution >= 0.6 is 8.17 Å². The number of rotatable bonds is 11. The van der Waals surface area contributed by atoms with Gasteiger partial charge in [0.05, 0.1) is 9.79 Å². The molecule has 0 unspecified atom stereocenters. The minimum Gasteiger partial charge on any atom is -0.149 e. The molecule has 5 heteroatoms. The fourth-order valence-electron chi connectivity index (χ4n) is 2.73. The van der Waals surface area contributed by atoms with Gasteiger partial charge in [-0.3, -0.25) is 0 Å². The minimum atomic E-state index is -3.98. The van der Waals surface area contributed by atoms with Gasteiger partial charge in [0.25, 0.3) is 0 Å². The van der Waals surface area contributed by atoms with E-state index >= 15 is 0 Å². The summed E-state index contributed by atoms with van der Waals surface area (Å²) in [7, 11) is -3.98. The molecule has 0 aromatic heterocycles. The molecule has 4 nitrogen and oxygen atoms in total. The van der Waals surface area contributed by atoms with Crippen molar-refractivity contribution in [2.75, 3.05) is 13.2 Å². The first kappa shape index (κ1) is 19.3. The zero-order valence-corrected chi connectivity index (χ0v) is 14.7. The van der Waals surface area contributed by atoms with Crippen LogP contribution in [0.5, 0.6) is 0 Å². The SMILES string of the molecule is CCCCCCCCCCCCC1(C)CO[P+]([O])([O])OC1. The first-order chi connectivity index (χ1) is 9.97. The lowest BCUT2D eigenvalue weighted by atomic mass is 9.86. The molecular weight excluding hydrogens is 287 g/mol. The van der Waals surface area contributed by atoms with Gasteiger partial charge >= 0.3 is 8.17 Å². The van der Waals surface area contributed by atoms with Crippen LogP contribution in [-0.4, -0.2) is 13.2 Å². The fourth-order valence-corrected chi connectivity index (χ4v) is 3.75. The third-order valence-corrected chi connectivity index (χ3v) is 5.17. The normalized spacial score (nSPS) is 20.6. The predicted octanol–water partition coefficient (Wildman–Crippen LogP) is 5.89. The van der Waals surface area contributed by atoms with E-state index in [4.69, 9.17) is 9.05 Å². The van der Waals surface area contributed by atoms with Crippen LogP contribution in [0.1, 0.15) is 84.5 Å². The summed E-state index contributed by atoms with van der Waals surface area (Å²) in [5.41, 5.74) is -0.140. The molecular formula is C16H32O4P+. The summed E-state index contributed by atoms with van der Waals surface area (Å²) in [5.74, 6) is 0. The molecule has 1 heterocycles. The summed E-state index contributed by atoms with van der Waals surface area (Å²) >= 11 is 0. The number of unbranched alkanes of at least 4 members (excludes halogenated alkanes) is 9. The zero-order valence-electron chi connectivity index (χ0n) is 13.8. The largest absolute Gasteiger partial charge is 0.645 e. The van der Waals surface area contributed by atoms with E-state index in [1.54, 1.807) is 0 Å². The highest BCUT2D eigenvalue weighted by molar-refractivity contribution is 7.53. The lowest BCUT2D eigenvalue weighted by Gasteiger charge is -2.30. The second-order valence-electron chi connectivity index (χ2n) is 6.74. The average Bonchev–Trinajstić information content (AvgIpc) is 2.45. The third-order valence-electron chi connectivity index (χ3n) is 4.28.